The molecule has 0 saturated heterocycles. The molecular weight excluding hydrogens is 460 g/mol. The molecular formula is C23H21Cl3NO2P. The zero-order valence-electron chi connectivity index (χ0n) is 16.3. The molecule has 0 heterocycles. The van der Waals surface area contributed by atoms with Gasteiger partial charge in [-0.2, -0.15) is 0 Å². The van der Waals surface area contributed by atoms with Crippen molar-refractivity contribution < 1.29 is 9.53 Å². The van der Waals surface area contributed by atoms with Crippen molar-refractivity contribution in [2.45, 2.75) is 6.92 Å². The molecule has 0 radical (unpaired) electrons. The van der Waals surface area contributed by atoms with E-state index in [0.29, 0.717) is 0 Å². The first-order valence-electron chi connectivity index (χ1n) is 9.33. The number of carbonyl (C=O) groups is 1. The Hall–Kier alpha value is -2.03. The van der Waals surface area contributed by atoms with Crippen LogP contribution in [0.2, 0.25) is 0 Å². The number of ether oxygens (including phenoxy) is 1. The van der Waals surface area contributed by atoms with Gasteiger partial charge in [-0.15, -0.1) is 0 Å². The van der Waals surface area contributed by atoms with Gasteiger partial charge in [0.15, 0.2) is 0 Å². The van der Waals surface area contributed by atoms with Gasteiger partial charge in [0.05, 0.1) is 0 Å². The molecule has 3 rings (SSSR count). The number of hydrogen-bond donors (Lipinski definition) is 1. The first-order chi connectivity index (χ1) is 14.4. The number of alkyl carbamates (subject to hydrolysis) is 1. The molecule has 0 aliphatic rings. The van der Waals surface area contributed by atoms with E-state index >= 15 is 0 Å². The Morgan fingerprint density at radius 2 is 1.17 bits per heavy atom. The predicted molar refractivity (Wildman–Crippen MR) is 130 cm³/mol. The van der Waals surface area contributed by atoms with E-state index in [4.69, 9.17) is 39.2 Å². The van der Waals surface area contributed by atoms with Crippen LogP contribution in [0.5, 0.6) is 0 Å². The van der Waals surface area contributed by atoms with Crippen LogP contribution in [-0.4, -0.2) is 12.7 Å². The molecule has 7 heteroatoms. The molecule has 1 N–H and O–H groups in total. The molecule has 1 amide bonds. The van der Waals surface area contributed by atoms with E-state index in [1.807, 2.05) is 91.0 Å². The number of rotatable bonds is 6. The molecule has 0 spiro atoms. The van der Waals surface area contributed by atoms with Gasteiger partial charge in [0.1, 0.15) is 0 Å². The van der Waals surface area contributed by atoms with Crippen molar-refractivity contribution in [1.29, 1.82) is 0 Å². The molecule has 0 aromatic heterocycles. The summed E-state index contributed by atoms with van der Waals surface area (Å²) >= 11 is 20.8. The second-order valence-electron chi connectivity index (χ2n) is 6.47. The van der Waals surface area contributed by atoms with Gasteiger partial charge in [0.25, 0.3) is 0 Å². The van der Waals surface area contributed by atoms with Crippen molar-refractivity contribution in [1.82, 2.24) is 5.32 Å². The molecule has 0 atom stereocenters. The Kier molecular flexibility index (Phi) is 7.10. The maximum atomic E-state index is 12.5. The molecule has 0 fully saturated rings. The van der Waals surface area contributed by atoms with Crippen LogP contribution in [0.4, 0.5) is 4.79 Å². The van der Waals surface area contributed by atoms with E-state index in [1.165, 1.54) is 0 Å². The van der Waals surface area contributed by atoms with Gasteiger partial charge in [0, 0.05) is 0 Å². The molecule has 0 bridgehead atoms. The van der Waals surface area contributed by atoms with Crippen molar-refractivity contribution in [2.75, 3.05) is 6.61 Å². The first-order valence-corrected chi connectivity index (χ1v) is 13.2. The third kappa shape index (κ3) is 3.84. The van der Waals surface area contributed by atoms with Crippen LogP contribution in [-0.2, 0) is 4.74 Å². The fraction of sp³-hybridized carbons (Fsp3) is 0.0870. The summed E-state index contributed by atoms with van der Waals surface area (Å²) in [4.78, 5) is 12.5. The minimum atomic E-state index is -4.06. The topological polar surface area (TPSA) is 38.3 Å². The summed E-state index contributed by atoms with van der Waals surface area (Å²) in [6.45, 7) is 1.91. The zero-order chi connectivity index (χ0) is 21.6. The third-order valence-corrected chi connectivity index (χ3v) is 12.7. The number of halogens is 3. The maximum absolute atomic E-state index is 12.5. The number of carbonyl (C=O) groups excluding carboxylic acids is 1. The SMILES string of the molecule is CCOC(=O)NC(=C(Cl)Cl)P(Cl)(c1ccccc1)(c1ccccc1)c1ccccc1. The average Bonchev–Trinajstić information content (AvgIpc) is 2.79. The van der Waals surface area contributed by atoms with Crippen LogP contribution in [0.15, 0.2) is 101 Å². The van der Waals surface area contributed by atoms with E-state index in [0.717, 1.165) is 15.9 Å². The van der Waals surface area contributed by atoms with Crippen molar-refractivity contribution in [3.8, 4) is 0 Å². The van der Waals surface area contributed by atoms with Gasteiger partial charge in [-0.3, -0.25) is 0 Å². The summed E-state index contributed by atoms with van der Waals surface area (Å²) in [5.41, 5.74) is 0.216. The predicted octanol–water partition coefficient (Wildman–Crippen LogP) is 6.02. The number of nitrogens with one attached hydrogen (secondary N) is 1. The van der Waals surface area contributed by atoms with Gasteiger partial charge in [-0.25, -0.2) is 0 Å². The summed E-state index contributed by atoms with van der Waals surface area (Å²) < 4.78 is 5.00. The van der Waals surface area contributed by atoms with Gasteiger partial charge < -0.3 is 0 Å². The summed E-state index contributed by atoms with van der Waals surface area (Å²) in [5.74, 6) is -4.06. The second-order valence-corrected chi connectivity index (χ2v) is 13.5. The molecule has 30 heavy (non-hydrogen) atoms. The molecule has 0 saturated carbocycles. The van der Waals surface area contributed by atoms with Crippen molar-refractivity contribution >= 4 is 62.4 Å². The fourth-order valence-electron chi connectivity index (χ4n) is 3.53. The van der Waals surface area contributed by atoms with Gasteiger partial charge in [-0.05, 0) is 0 Å². The number of hydrogen-bond acceptors (Lipinski definition) is 2. The van der Waals surface area contributed by atoms with Gasteiger partial charge >= 0.3 is 192 Å². The number of amides is 1. The molecule has 0 aliphatic carbocycles. The molecule has 3 aromatic rings. The zero-order valence-corrected chi connectivity index (χ0v) is 19.4. The molecule has 156 valence electrons. The molecule has 3 aromatic carbocycles. The first kappa shape index (κ1) is 22.7. The Morgan fingerprint density at radius 3 is 1.47 bits per heavy atom. The quantitative estimate of drug-likeness (QED) is 0.438. The van der Waals surface area contributed by atoms with E-state index in [9.17, 15) is 4.79 Å². The van der Waals surface area contributed by atoms with E-state index in [1.54, 1.807) is 6.92 Å². The van der Waals surface area contributed by atoms with Crippen LogP contribution in [0.25, 0.3) is 0 Å². The summed E-state index contributed by atoms with van der Waals surface area (Å²) in [7, 11) is 0. The van der Waals surface area contributed by atoms with Crippen molar-refractivity contribution in [3.63, 3.8) is 0 Å². The van der Waals surface area contributed by atoms with E-state index < -0.39 is 12.0 Å². The number of benzene rings is 3. The summed E-state index contributed by atoms with van der Waals surface area (Å²) in [5, 5.41) is 5.13. The van der Waals surface area contributed by atoms with E-state index in [2.05, 4.69) is 5.32 Å². The summed E-state index contributed by atoms with van der Waals surface area (Å²) in [6, 6.07) is 28.7. The van der Waals surface area contributed by atoms with Crippen LogP contribution in [0.1, 0.15) is 6.92 Å². The van der Waals surface area contributed by atoms with Crippen LogP contribution < -0.4 is 21.2 Å². The standard InChI is InChI=1S/C23H21Cl3NO2P/c1-2-29-23(28)27-22(21(24)25)30(26,18-12-6-3-7-13-18,19-14-8-4-9-15-19)20-16-10-5-11-17-20/h3-17H,2H2,1H3,(H,27,28). The summed E-state index contributed by atoms with van der Waals surface area (Å²) in [6.07, 6.45) is -0.677. The Morgan fingerprint density at radius 1 is 0.800 bits per heavy atom. The molecule has 3 nitrogen and oxygen atoms in total. The fourth-order valence-corrected chi connectivity index (χ4v) is 10.8. The van der Waals surface area contributed by atoms with Crippen molar-refractivity contribution in [3.05, 3.63) is 101 Å². The Bertz CT molecular complexity index is 940. The Labute approximate surface area is 191 Å². The molecule has 0 unspecified atom stereocenters. The van der Waals surface area contributed by atoms with Gasteiger partial charge in [0.2, 0.25) is 0 Å². The van der Waals surface area contributed by atoms with Crippen LogP contribution in [0, 0.1) is 0 Å². The molecule has 0 aliphatic heterocycles. The monoisotopic (exact) mass is 479 g/mol. The average molecular weight is 481 g/mol. The third-order valence-electron chi connectivity index (χ3n) is 4.82. The van der Waals surface area contributed by atoms with Crippen LogP contribution >= 0.6 is 40.4 Å². The Balaban J connectivity index is 2.50. The van der Waals surface area contributed by atoms with Crippen LogP contribution in [0.3, 0.4) is 0 Å². The normalized spacial score (nSPS) is 12.3. The van der Waals surface area contributed by atoms with Crippen molar-refractivity contribution in [2.24, 2.45) is 0 Å². The minimum absolute atomic E-state index is 0.132. The van der Waals surface area contributed by atoms with E-state index in [-0.39, 0.29) is 16.5 Å². The van der Waals surface area contributed by atoms with Gasteiger partial charge in [-0.1, -0.05) is 0 Å². The second kappa shape index (κ2) is 9.41.